The van der Waals surface area contributed by atoms with Crippen LogP contribution in [-0.2, 0) is 0 Å². The lowest BCUT2D eigenvalue weighted by atomic mass is 10.1. The second kappa shape index (κ2) is 7.28. The summed E-state index contributed by atoms with van der Waals surface area (Å²) in [5.74, 6) is 1.21. The third kappa shape index (κ3) is 3.80. The Morgan fingerprint density at radius 2 is 2.21 bits per heavy atom. The number of rotatable bonds is 6. The standard InChI is InChI=1S/C14H23N3OS/c1-5-11(9-19-4)17(3)13-7-6-10(2)8-12(13)14(15)16-18/h6-8,11,18H,5,9H2,1-4H3,(H2,15,16). The Balaban J connectivity index is 3.18. The molecule has 4 nitrogen and oxygen atoms in total. The number of oxime groups is 1. The van der Waals surface area contributed by atoms with Crippen molar-refractivity contribution in [3.05, 3.63) is 29.3 Å². The zero-order chi connectivity index (χ0) is 14.4. The van der Waals surface area contributed by atoms with Crippen LogP contribution in [0.2, 0.25) is 0 Å². The summed E-state index contributed by atoms with van der Waals surface area (Å²) in [6, 6.07) is 6.47. The summed E-state index contributed by atoms with van der Waals surface area (Å²) in [7, 11) is 2.06. The van der Waals surface area contributed by atoms with Crippen molar-refractivity contribution in [1.82, 2.24) is 0 Å². The predicted molar refractivity (Wildman–Crippen MR) is 84.6 cm³/mol. The van der Waals surface area contributed by atoms with Crippen LogP contribution in [0.4, 0.5) is 5.69 Å². The molecule has 0 fully saturated rings. The van der Waals surface area contributed by atoms with Crippen molar-refractivity contribution in [3.8, 4) is 0 Å². The fourth-order valence-corrected chi connectivity index (χ4v) is 2.95. The Kier molecular flexibility index (Phi) is 6.02. The minimum absolute atomic E-state index is 0.157. The molecule has 0 spiro atoms. The monoisotopic (exact) mass is 281 g/mol. The van der Waals surface area contributed by atoms with Crippen LogP contribution in [-0.4, -0.2) is 36.1 Å². The molecule has 5 heteroatoms. The first kappa shape index (κ1) is 15.7. The molecule has 19 heavy (non-hydrogen) atoms. The van der Waals surface area contributed by atoms with Gasteiger partial charge in [0.1, 0.15) is 0 Å². The molecule has 106 valence electrons. The molecule has 3 N–H and O–H groups in total. The van der Waals surface area contributed by atoms with Crippen molar-refractivity contribution >= 4 is 23.3 Å². The van der Waals surface area contributed by atoms with E-state index < -0.39 is 0 Å². The maximum atomic E-state index is 8.92. The van der Waals surface area contributed by atoms with Crippen LogP contribution in [0, 0.1) is 6.92 Å². The highest BCUT2D eigenvalue weighted by atomic mass is 32.2. The smallest absolute Gasteiger partial charge is 0.172 e. The van der Waals surface area contributed by atoms with Gasteiger partial charge in [0.25, 0.3) is 0 Å². The highest BCUT2D eigenvalue weighted by Gasteiger charge is 2.17. The molecule has 1 unspecified atom stereocenters. The van der Waals surface area contributed by atoms with Gasteiger partial charge in [-0.25, -0.2) is 0 Å². The van der Waals surface area contributed by atoms with Crippen LogP contribution in [0.3, 0.4) is 0 Å². The number of nitrogens with two attached hydrogens (primary N) is 1. The number of thioether (sulfide) groups is 1. The maximum Gasteiger partial charge on any atom is 0.172 e. The van der Waals surface area contributed by atoms with Crippen LogP contribution in [0.25, 0.3) is 0 Å². The molecule has 1 rings (SSSR count). The molecule has 0 amide bonds. The molecular formula is C14H23N3OS. The molecule has 0 bridgehead atoms. The highest BCUT2D eigenvalue weighted by Crippen LogP contribution is 2.24. The second-order valence-corrected chi connectivity index (χ2v) is 5.54. The first-order valence-corrected chi connectivity index (χ1v) is 7.74. The molecule has 0 heterocycles. The van der Waals surface area contributed by atoms with E-state index in [9.17, 15) is 0 Å². The van der Waals surface area contributed by atoms with Gasteiger partial charge in [-0.1, -0.05) is 23.7 Å². The summed E-state index contributed by atoms with van der Waals surface area (Å²) in [5.41, 5.74) is 8.66. The number of nitrogens with zero attached hydrogens (tertiary/aromatic N) is 2. The molecule has 0 saturated heterocycles. The number of anilines is 1. The Morgan fingerprint density at radius 1 is 1.53 bits per heavy atom. The predicted octanol–water partition coefficient (Wildman–Crippen LogP) is 2.67. The van der Waals surface area contributed by atoms with E-state index in [1.807, 2.05) is 36.9 Å². The van der Waals surface area contributed by atoms with Gasteiger partial charge in [0.05, 0.1) is 0 Å². The van der Waals surface area contributed by atoms with E-state index in [4.69, 9.17) is 10.9 Å². The van der Waals surface area contributed by atoms with E-state index in [1.165, 1.54) is 0 Å². The Morgan fingerprint density at radius 3 is 2.74 bits per heavy atom. The van der Waals surface area contributed by atoms with Crippen molar-refractivity contribution in [3.63, 3.8) is 0 Å². The number of benzene rings is 1. The van der Waals surface area contributed by atoms with Gasteiger partial charge >= 0.3 is 0 Å². The minimum Gasteiger partial charge on any atom is -0.409 e. The van der Waals surface area contributed by atoms with Gasteiger partial charge in [0.15, 0.2) is 5.84 Å². The molecular weight excluding hydrogens is 258 g/mol. The van der Waals surface area contributed by atoms with Gasteiger partial charge in [0.2, 0.25) is 0 Å². The van der Waals surface area contributed by atoms with Crippen LogP contribution in [0.5, 0.6) is 0 Å². The summed E-state index contributed by atoms with van der Waals surface area (Å²) in [6.07, 6.45) is 3.16. The minimum atomic E-state index is 0.157. The average Bonchev–Trinajstić information content (AvgIpc) is 2.43. The summed E-state index contributed by atoms with van der Waals surface area (Å²) in [4.78, 5) is 2.21. The molecule has 0 aromatic heterocycles. The Labute approximate surface area is 119 Å². The van der Waals surface area contributed by atoms with Gasteiger partial charge in [-0.2, -0.15) is 11.8 Å². The van der Waals surface area contributed by atoms with Gasteiger partial charge < -0.3 is 15.8 Å². The fraction of sp³-hybridized carbons (Fsp3) is 0.500. The lowest BCUT2D eigenvalue weighted by Crippen LogP contribution is -2.34. The van der Waals surface area contributed by atoms with Crippen molar-refractivity contribution in [2.24, 2.45) is 10.9 Å². The summed E-state index contributed by atoms with van der Waals surface area (Å²) < 4.78 is 0. The van der Waals surface area contributed by atoms with E-state index in [0.717, 1.165) is 29.0 Å². The zero-order valence-corrected chi connectivity index (χ0v) is 12.9. The Hall–Kier alpha value is -1.36. The number of hydrogen-bond acceptors (Lipinski definition) is 4. The van der Waals surface area contributed by atoms with Crippen LogP contribution in [0.1, 0.15) is 24.5 Å². The third-order valence-electron chi connectivity index (χ3n) is 3.29. The normalized spacial score (nSPS) is 13.4. The summed E-state index contributed by atoms with van der Waals surface area (Å²) in [5, 5.41) is 12.1. The average molecular weight is 281 g/mol. The molecule has 1 aromatic carbocycles. The number of amidine groups is 1. The van der Waals surface area contributed by atoms with E-state index in [0.29, 0.717) is 6.04 Å². The quantitative estimate of drug-likeness (QED) is 0.364. The molecule has 0 saturated carbocycles. The number of hydrogen-bond donors (Lipinski definition) is 2. The Bertz CT molecular complexity index is 448. The van der Waals surface area contributed by atoms with Gasteiger partial charge in [0, 0.05) is 30.1 Å². The highest BCUT2D eigenvalue weighted by molar-refractivity contribution is 7.98. The molecule has 0 aliphatic carbocycles. The van der Waals surface area contributed by atoms with Gasteiger partial charge in [-0.05, 0) is 31.7 Å². The summed E-state index contributed by atoms with van der Waals surface area (Å²) >= 11 is 1.83. The van der Waals surface area contributed by atoms with Gasteiger partial charge in [-0.3, -0.25) is 0 Å². The molecule has 1 aromatic rings. The first-order valence-electron chi connectivity index (χ1n) is 6.35. The molecule has 0 radical (unpaired) electrons. The maximum absolute atomic E-state index is 8.92. The van der Waals surface area contributed by atoms with Crippen LogP contribution < -0.4 is 10.6 Å². The largest absolute Gasteiger partial charge is 0.409 e. The summed E-state index contributed by atoms with van der Waals surface area (Å²) in [6.45, 7) is 4.17. The van der Waals surface area contributed by atoms with E-state index in [2.05, 4.69) is 30.3 Å². The SMILES string of the molecule is CCC(CSC)N(C)c1ccc(C)cc1/C(N)=N/O. The first-order chi connectivity index (χ1) is 9.04. The van der Waals surface area contributed by atoms with Crippen molar-refractivity contribution < 1.29 is 5.21 Å². The van der Waals surface area contributed by atoms with Crippen molar-refractivity contribution in [1.29, 1.82) is 0 Å². The van der Waals surface area contributed by atoms with Crippen molar-refractivity contribution in [2.75, 3.05) is 24.0 Å². The third-order valence-corrected chi connectivity index (χ3v) is 4.01. The molecule has 1 atom stereocenters. The number of aryl methyl sites for hydroxylation is 1. The van der Waals surface area contributed by atoms with E-state index in [1.54, 1.807) is 0 Å². The van der Waals surface area contributed by atoms with Crippen LogP contribution in [0.15, 0.2) is 23.4 Å². The fourth-order valence-electron chi connectivity index (χ4n) is 2.11. The lowest BCUT2D eigenvalue weighted by molar-refractivity contribution is 0.318. The lowest BCUT2D eigenvalue weighted by Gasteiger charge is -2.30. The van der Waals surface area contributed by atoms with E-state index >= 15 is 0 Å². The van der Waals surface area contributed by atoms with E-state index in [-0.39, 0.29) is 5.84 Å². The molecule has 0 aliphatic rings. The topological polar surface area (TPSA) is 61.8 Å². The molecule has 0 aliphatic heterocycles. The van der Waals surface area contributed by atoms with Crippen LogP contribution >= 0.6 is 11.8 Å². The van der Waals surface area contributed by atoms with Crippen molar-refractivity contribution in [2.45, 2.75) is 26.3 Å². The van der Waals surface area contributed by atoms with Gasteiger partial charge in [-0.15, -0.1) is 0 Å². The zero-order valence-electron chi connectivity index (χ0n) is 12.1. The second-order valence-electron chi connectivity index (χ2n) is 4.63.